The minimum Gasteiger partial charge on any atom is -0.507 e. The number of thiazole rings is 1. The van der Waals surface area contributed by atoms with Crippen molar-refractivity contribution >= 4 is 45.6 Å². The van der Waals surface area contributed by atoms with Gasteiger partial charge in [-0.05, 0) is 68.3 Å². The second-order valence-corrected chi connectivity index (χ2v) is 11.6. The smallest absolute Gasteiger partial charge is 0.350 e. The minimum atomic E-state index is -0.982. The molecule has 1 unspecified atom stereocenters. The average molecular weight is 612 g/mol. The molecular weight excluding hydrogens is 578 g/mol. The number of hydrogen-bond donors (Lipinski definition) is 1. The summed E-state index contributed by atoms with van der Waals surface area (Å²) in [4.78, 5) is 47.6. The summed E-state index contributed by atoms with van der Waals surface area (Å²) in [5.41, 5.74) is 4.34. The number of hydrogen-bond acceptors (Lipinski definition) is 9. The van der Waals surface area contributed by atoms with Gasteiger partial charge in [0.25, 0.3) is 5.78 Å². The topological polar surface area (TPSA) is 109 Å². The number of Topliss-reactive ketones (excluding diaryl/α,β-unsaturated/α-hetero) is 1. The second-order valence-electron chi connectivity index (χ2n) is 10.6. The van der Waals surface area contributed by atoms with Gasteiger partial charge in [0.1, 0.15) is 23.0 Å². The molecule has 0 aliphatic carbocycles. The minimum absolute atomic E-state index is 0.0773. The highest BCUT2D eigenvalue weighted by Crippen LogP contribution is 2.44. The summed E-state index contributed by atoms with van der Waals surface area (Å²) < 4.78 is 11.1. The largest absolute Gasteiger partial charge is 0.507 e. The van der Waals surface area contributed by atoms with Gasteiger partial charge >= 0.3 is 11.9 Å². The van der Waals surface area contributed by atoms with Gasteiger partial charge in [0.15, 0.2) is 5.13 Å². The highest BCUT2D eigenvalue weighted by atomic mass is 32.1. The van der Waals surface area contributed by atoms with Gasteiger partial charge in [0.05, 0.1) is 23.9 Å². The molecule has 1 aliphatic heterocycles. The third-order valence-electron chi connectivity index (χ3n) is 7.24. The maximum absolute atomic E-state index is 13.6. The fourth-order valence-electron chi connectivity index (χ4n) is 5.00. The standard InChI is InChI=1S/C34H33N3O6S/c1-6-42-33(41)31-21(3)35-34(44-31)37-28(23-10-14-25(15-11-23)36(4)5)27(30(39)32(37)40)29(38)24-12-16-26(17-13-24)43-19-22-9-7-8-20(2)18-22/h7-18,28,38H,6,19H2,1-5H3. The van der Waals surface area contributed by atoms with Gasteiger partial charge in [-0.2, -0.15) is 0 Å². The predicted molar refractivity (Wildman–Crippen MR) is 170 cm³/mol. The van der Waals surface area contributed by atoms with Crippen molar-refractivity contribution in [2.45, 2.75) is 33.4 Å². The molecule has 2 heterocycles. The summed E-state index contributed by atoms with van der Waals surface area (Å²) in [7, 11) is 3.81. The van der Waals surface area contributed by atoms with E-state index in [9.17, 15) is 19.5 Å². The Labute approximate surface area is 260 Å². The first-order valence-corrected chi connectivity index (χ1v) is 14.9. The quantitative estimate of drug-likeness (QED) is 0.103. The molecule has 3 aromatic carbocycles. The monoisotopic (exact) mass is 611 g/mol. The zero-order chi connectivity index (χ0) is 31.5. The summed E-state index contributed by atoms with van der Waals surface area (Å²) in [5, 5.41) is 11.7. The number of benzene rings is 3. The maximum Gasteiger partial charge on any atom is 0.350 e. The fourth-order valence-corrected chi connectivity index (χ4v) is 5.99. The molecule has 0 spiro atoms. The summed E-state index contributed by atoms with van der Waals surface area (Å²) >= 11 is 0.971. The number of esters is 1. The molecule has 1 aromatic heterocycles. The number of aromatic nitrogens is 1. The van der Waals surface area contributed by atoms with Gasteiger partial charge < -0.3 is 19.5 Å². The first-order valence-electron chi connectivity index (χ1n) is 14.1. The van der Waals surface area contributed by atoms with E-state index >= 15 is 0 Å². The van der Waals surface area contributed by atoms with Crippen molar-refractivity contribution in [2.75, 3.05) is 30.5 Å². The van der Waals surface area contributed by atoms with Crippen molar-refractivity contribution in [2.24, 2.45) is 0 Å². The Morgan fingerprint density at radius 3 is 2.36 bits per heavy atom. The second kappa shape index (κ2) is 12.7. The van der Waals surface area contributed by atoms with Crippen LogP contribution in [0.25, 0.3) is 5.76 Å². The van der Waals surface area contributed by atoms with Crippen LogP contribution in [-0.4, -0.2) is 48.5 Å². The van der Waals surface area contributed by atoms with Crippen LogP contribution in [0.4, 0.5) is 10.8 Å². The summed E-state index contributed by atoms with van der Waals surface area (Å²) in [6.45, 7) is 5.93. The molecule has 0 bridgehead atoms. The van der Waals surface area contributed by atoms with E-state index in [1.807, 2.05) is 62.3 Å². The number of anilines is 2. The Kier molecular flexibility index (Phi) is 8.82. The van der Waals surface area contributed by atoms with E-state index in [4.69, 9.17) is 9.47 Å². The molecule has 44 heavy (non-hydrogen) atoms. The van der Waals surface area contributed by atoms with E-state index in [-0.39, 0.29) is 27.9 Å². The Morgan fingerprint density at radius 2 is 1.73 bits per heavy atom. The molecule has 10 heteroatoms. The zero-order valence-corrected chi connectivity index (χ0v) is 26.0. The fraction of sp³-hybridized carbons (Fsp3) is 0.235. The van der Waals surface area contributed by atoms with Crippen LogP contribution in [-0.2, 0) is 20.9 Å². The first-order chi connectivity index (χ1) is 21.1. The third-order valence-corrected chi connectivity index (χ3v) is 8.37. The van der Waals surface area contributed by atoms with Gasteiger partial charge in [-0.1, -0.05) is 53.3 Å². The molecule has 1 N–H and O–H groups in total. The average Bonchev–Trinajstić information content (AvgIpc) is 3.52. The lowest BCUT2D eigenvalue weighted by atomic mass is 9.95. The normalized spacial score (nSPS) is 15.8. The number of nitrogens with zero attached hydrogens (tertiary/aromatic N) is 3. The number of aliphatic hydroxyl groups excluding tert-OH is 1. The van der Waals surface area contributed by atoms with Crippen LogP contribution in [0.2, 0.25) is 0 Å². The Balaban J connectivity index is 1.53. The predicted octanol–water partition coefficient (Wildman–Crippen LogP) is 6.21. The molecule has 226 valence electrons. The SMILES string of the molecule is CCOC(=O)c1sc(N2C(=O)C(=O)C(=C(O)c3ccc(OCc4cccc(C)c4)cc3)C2c2ccc(N(C)C)cc2)nc1C. The van der Waals surface area contributed by atoms with Gasteiger partial charge in [-0.15, -0.1) is 0 Å². The molecule has 0 saturated carbocycles. The van der Waals surface area contributed by atoms with Gasteiger partial charge in [0, 0.05) is 25.3 Å². The van der Waals surface area contributed by atoms with Crippen molar-refractivity contribution in [1.82, 2.24) is 4.98 Å². The highest BCUT2D eigenvalue weighted by Gasteiger charge is 2.48. The molecule has 1 atom stereocenters. The summed E-state index contributed by atoms with van der Waals surface area (Å²) in [5.74, 6) is -1.99. The molecule has 1 saturated heterocycles. The molecular formula is C34H33N3O6S. The van der Waals surface area contributed by atoms with E-state index in [1.54, 1.807) is 50.2 Å². The van der Waals surface area contributed by atoms with Gasteiger partial charge in [-0.25, -0.2) is 9.78 Å². The number of ether oxygens (including phenoxy) is 2. The van der Waals surface area contributed by atoms with Gasteiger partial charge in [-0.3, -0.25) is 14.5 Å². The molecule has 5 rings (SSSR count). The lowest BCUT2D eigenvalue weighted by molar-refractivity contribution is -0.132. The van der Waals surface area contributed by atoms with E-state index in [2.05, 4.69) is 4.98 Å². The molecule has 1 fully saturated rings. The lowest BCUT2D eigenvalue weighted by Gasteiger charge is -2.23. The number of carbonyl (C=O) groups is 3. The lowest BCUT2D eigenvalue weighted by Crippen LogP contribution is -2.29. The maximum atomic E-state index is 13.6. The molecule has 1 aliphatic rings. The number of carbonyl (C=O) groups excluding carboxylic acids is 3. The van der Waals surface area contributed by atoms with Crippen molar-refractivity contribution in [3.05, 3.63) is 111 Å². The summed E-state index contributed by atoms with van der Waals surface area (Å²) in [6, 6.07) is 21.1. The van der Waals surface area contributed by atoms with Crippen molar-refractivity contribution in [1.29, 1.82) is 0 Å². The van der Waals surface area contributed by atoms with Crippen molar-refractivity contribution in [3.63, 3.8) is 0 Å². The first kappa shape index (κ1) is 30.5. The summed E-state index contributed by atoms with van der Waals surface area (Å²) in [6.07, 6.45) is 0. The van der Waals surface area contributed by atoms with E-state index in [1.165, 1.54) is 4.90 Å². The number of ketones is 1. The Hall–Kier alpha value is -4.96. The zero-order valence-electron chi connectivity index (χ0n) is 25.2. The number of amides is 1. The van der Waals surface area contributed by atoms with Crippen LogP contribution in [0.3, 0.4) is 0 Å². The van der Waals surface area contributed by atoms with Crippen molar-refractivity contribution < 1.29 is 29.0 Å². The van der Waals surface area contributed by atoms with Crippen LogP contribution in [0, 0.1) is 13.8 Å². The highest BCUT2D eigenvalue weighted by molar-refractivity contribution is 7.17. The van der Waals surface area contributed by atoms with Crippen LogP contribution in [0.5, 0.6) is 5.75 Å². The number of rotatable bonds is 9. The van der Waals surface area contributed by atoms with Crippen LogP contribution in [0.1, 0.15) is 50.6 Å². The third kappa shape index (κ3) is 6.07. The van der Waals surface area contributed by atoms with E-state index in [0.717, 1.165) is 28.2 Å². The van der Waals surface area contributed by atoms with E-state index < -0.39 is 23.7 Å². The van der Waals surface area contributed by atoms with Crippen LogP contribution >= 0.6 is 11.3 Å². The number of aryl methyl sites for hydroxylation is 2. The van der Waals surface area contributed by atoms with Crippen molar-refractivity contribution in [3.8, 4) is 5.75 Å². The Bertz CT molecular complexity index is 1740. The molecule has 0 radical (unpaired) electrons. The van der Waals surface area contributed by atoms with Crippen LogP contribution < -0.4 is 14.5 Å². The number of aliphatic hydroxyl groups is 1. The molecule has 9 nitrogen and oxygen atoms in total. The van der Waals surface area contributed by atoms with Crippen LogP contribution in [0.15, 0.2) is 78.4 Å². The van der Waals surface area contributed by atoms with Gasteiger partial charge in [0.2, 0.25) is 0 Å². The van der Waals surface area contributed by atoms with E-state index in [0.29, 0.717) is 29.2 Å². The molecule has 1 amide bonds. The Morgan fingerprint density at radius 1 is 1.02 bits per heavy atom. The molecule has 4 aromatic rings.